The predicted molar refractivity (Wildman–Crippen MR) is 125 cm³/mol. The second-order valence-electron chi connectivity index (χ2n) is 8.42. The topological polar surface area (TPSA) is 102 Å². The first-order valence-electron chi connectivity index (χ1n) is 10.9. The van der Waals surface area contributed by atoms with Crippen LogP contribution in [0.4, 0.5) is 0 Å². The highest BCUT2D eigenvalue weighted by Gasteiger charge is 2.34. The molecule has 1 aromatic carbocycles. The van der Waals surface area contributed by atoms with Crippen LogP contribution in [-0.4, -0.2) is 73.2 Å². The number of amides is 1. The lowest BCUT2D eigenvalue weighted by Crippen LogP contribution is -2.51. The molecule has 33 heavy (non-hydrogen) atoms. The lowest BCUT2D eigenvalue weighted by atomic mass is 9.95. The molecule has 1 aliphatic heterocycles. The van der Waals surface area contributed by atoms with Crippen LogP contribution >= 0.6 is 0 Å². The van der Waals surface area contributed by atoms with Gasteiger partial charge in [-0.15, -0.1) is 0 Å². The molecule has 1 saturated heterocycles. The molecule has 0 saturated carbocycles. The van der Waals surface area contributed by atoms with Crippen molar-refractivity contribution in [2.24, 2.45) is 0 Å². The lowest BCUT2D eigenvalue weighted by Gasteiger charge is -2.34. The summed E-state index contributed by atoms with van der Waals surface area (Å²) in [5.74, 6) is -0.326. The smallest absolute Gasteiger partial charge is 0.274 e. The number of hydrogen-bond acceptors (Lipinski definition) is 6. The number of hydrogen-bond donors (Lipinski definition) is 0. The van der Waals surface area contributed by atoms with E-state index in [0.717, 1.165) is 27.8 Å². The summed E-state index contributed by atoms with van der Waals surface area (Å²) >= 11 is 0. The maximum Gasteiger partial charge on any atom is 0.274 e. The van der Waals surface area contributed by atoms with E-state index >= 15 is 0 Å². The standard InChI is InChI=1S/C23H32N4O5S/c1-15-16(2)18(4)22(19(5)17(15)3)33(30,31)26-11-9-25(10-12-26)23(29)20-7-8-21(28)27(24-20)13-14-32-6/h7-8H,9-14H2,1-6H3. The number of methoxy groups -OCH3 is 1. The highest BCUT2D eigenvalue weighted by Crippen LogP contribution is 2.32. The van der Waals surface area contributed by atoms with Crippen LogP contribution in [0.1, 0.15) is 38.3 Å². The van der Waals surface area contributed by atoms with Crippen LogP contribution in [0.2, 0.25) is 0 Å². The molecule has 1 aliphatic rings. The Hall–Kier alpha value is -2.56. The van der Waals surface area contributed by atoms with Gasteiger partial charge in [0.25, 0.3) is 11.5 Å². The molecule has 0 atom stereocenters. The maximum atomic E-state index is 13.5. The Morgan fingerprint density at radius 2 is 1.48 bits per heavy atom. The molecule has 1 aromatic heterocycles. The van der Waals surface area contributed by atoms with E-state index in [1.165, 1.54) is 28.2 Å². The quantitative estimate of drug-likeness (QED) is 0.627. The van der Waals surface area contributed by atoms with E-state index < -0.39 is 10.0 Å². The lowest BCUT2D eigenvalue weighted by molar-refractivity contribution is 0.0688. The summed E-state index contributed by atoms with van der Waals surface area (Å²) < 4.78 is 34.7. The van der Waals surface area contributed by atoms with Crippen molar-refractivity contribution < 1.29 is 17.9 Å². The first-order chi connectivity index (χ1) is 15.5. The second kappa shape index (κ2) is 9.74. The average molecular weight is 477 g/mol. The number of piperazine rings is 1. The van der Waals surface area contributed by atoms with Crippen LogP contribution < -0.4 is 5.56 Å². The third-order valence-corrected chi connectivity index (χ3v) is 8.82. The van der Waals surface area contributed by atoms with E-state index in [2.05, 4.69) is 5.10 Å². The Bertz CT molecular complexity index is 1200. The maximum absolute atomic E-state index is 13.5. The summed E-state index contributed by atoms with van der Waals surface area (Å²) in [6, 6.07) is 2.71. The molecule has 180 valence electrons. The molecular weight excluding hydrogens is 444 g/mol. The van der Waals surface area contributed by atoms with Crippen LogP contribution in [0.3, 0.4) is 0 Å². The predicted octanol–water partition coefficient (Wildman–Crippen LogP) is 1.58. The van der Waals surface area contributed by atoms with Crippen molar-refractivity contribution in [1.82, 2.24) is 19.0 Å². The van der Waals surface area contributed by atoms with E-state index in [4.69, 9.17) is 4.74 Å². The van der Waals surface area contributed by atoms with Gasteiger partial charge in [-0.2, -0.15) is 9.40 Å². The zero-order chi connectivity index (χ0) is 24.5. The van der Waals surface area contributed by atoms with Gasteiger partial charge < -0.3 is 9.64 Å². The van der Waals surface area contributed by atoms with E-state index in [-0.39, 0.29) is 49.9 Å². The van der Waals surface area contributed by atoms with E-state index in [1.807, 2.05) is 34.6 Å². The molecule has 0 bridgehead atoms. The van der Waals surface area contributed by atoms with Crippen molar-refractivity contribution in [1.29, 1.82) is 0 Å². The summed E-state index contributed by atoms with van der Waals surface area (Å²) in [5.41, 5.74) is 4.47. The van der Waals surface area contributed by atoms with Crippen molar-refractivity contribution in [2.75, 3.05) is 39.9 Å². The zero-order valence-electron chi connectivity index (χ0n) is 20.1. The molecule has 9 nitrogen and oxygen atoms in total. The van der Waals surface area contributed by atoms with Gasteiger partial charge in [0.1, 0.15) is 5.69 Å². The minimum Gasteiger partial charge on any atom is -0.383 e. The first kappa shape index (κ1) is 25.1. The number of aromatic nitrogens is 2. The summed E-state index contributed by atoms with van der Waals surface area (Å²) in [6.45, 7) is 11.1. The van der Waals surface area contributed by atoms with Crippen molar-refractivity contribution in [3.8, 4) is 0 Å². The minimum absolute atomic E-state index is 0.151. The molecule has 3 rings (SSSR count). The molecule has 10 heteroatoms. The fourth-order valence-corrected chi connectivity index (χ4v) is 6.16. The molecule has 0 radical (unpaired) electrons. The zero-order valence-corrected chi connectivity index (χ0v) is 21.0. The molecule has 1 amide bonds. The average Bonchev–Trinajstić information content (AvgIpc) is 2.80. The van der Waals surface area contributed by atoms with E-state index in [0.29, 0.717) is 11.5 Å². The summed E-state index contributed by atoms with van der Waals surface area (Å²) in [4.78, 5) is 26.8. The van der Waals surface area contributed by atoms with Gasteiger partial charge in [-0.1, -0.05) is 0 Å². The van der Waals surface area contributed by atoms with Gasteiger partial charge in [-0.3, -0.25) is 9.59 Å². The molecule has 0 spiro atoms. The Balaban J connectivity index is 1.79. The van der Waals surface area contributed by atoms with Gasteiger partial charge >= 0.3 is 0 Å². The van der Waals surface area contributed by atoms with Crippen molar-refractivity contribution in [3.05, 3.63) is 56.0 Å². The number of ether oxygens (including phenoxy) is 1. The minimum atomic E-state index is -3.70. The van der Waals surface area contributed by atoms with Gasteiger partial charge in [-0.25, -0.2) is 13.1 Å². The van der Waals surface area contributed by atoms with Crippen LogP contribution in [0, 0.1) is 34.6 Å². The highest BCUT2D eigenvalue weighted by atomic mass is 32.2. The normalized spacial score (nSPS) is 15.2. The Labute approximate surface area is 195 Å². The van der Waals surface area contributed by atoms with E-state index in [1.54, 1.807) is 4.90 Å². The monoisotopic (exact) mass is 476 g/mol. The van der Waals surface area contributed by atoms with Gasteiger partial charge in [-0.05, 0) is 68.5 Å². The molecule has 2 heterocycles. The van der Waals surface area contributed by atoms with Crippen LogP contribution in [-0.2, 0) is 21.3 Å². The Kier molecular flexibility index (Phi) is 7.40. The van der Waals surface area contributed by atoms with Gasteiger partial charge in [0, 0.05) is 39.4 Å². The van der Waals surface area contributed by atoms with Gasteiger partial charge in [0.2, 0.25) is 10.0 Å². The number of rotatable bonds is 6. The number of carbonyl (C=O) groups excluding carboxylic acids is 1. The summed E-state index contributed by atoms with van der Waals surface area (Å²) in [6.07, 6.45) is 0. The van der Waals surface area contributed by atoms with Gasteiger partial charge in [0.15, 0.2) is 0 Å². The summed E-state index contributed by atoms with van der Waals surface area (Å²) in [7, 11) is -2.18. The van der Waals surface area contributed by atoms with Crippen molar-refractivity contribution in [3.63, 3.8) is 0 Å². The molecule has 2 aromatic rings. The molecule has 0 unspecified atom stereocenters. The number of sulfonamides is 1. The highest BCUT2D eigenvalue weighted by molar-refractivity contribution is 7.89. The van der Waals surface area contributed by atoms with Crippen LogP contribution in [0.15, 0.2) is 21.8 Å². The Morgan fingerprint density at radius 3 is 2.03 bits per heavy atom. The van der Waals surface area contributed by atoms with Crippen LogP contribution in [0.25, 0.3) is 0 Å². The van der Waals surface area contributed by atoms with Gasteiger partial charge in [0.05, 0.1) is 18.0 Å². The van der Waals surface area contributed by atoms with E-state index in [9.17, 15) is 18.0 Å². The molecule has 0 aliphatic carbocycles. The SMILES string of the molecule is COCCn1nc(C(=O)N2CCN(S(=O)(=O)c3c(C)c(C)c(C)c(C)c3C)CC2)ccc1=O. The largest absolute Gasteiger partial charge is 0.383 e. The van der Waals surface area contributed by atoms with Crippen molar-refractivity contribution >= 4 is 15.9 Å². The second-order valence-corrected chi connectivity index (χ2v) is 10.3. The molecule has 1 fully saturated rings. The first-order valence-corrected chi connectivity index (χ1v) is 12.4. The molecular formula is C23H32N4O5S. The third-order valence-electron chi connectivity index (χ3n) is 6.65. The summed E-state index contributed by atoms with van der Waals surface area (Å²) in [5, 5.41) is 4.15. The number of carbonyl (C=O) groups is 1. The fourth-order valence-electron chi connectivity index (χ4n) is 4.18. The van der Waals surface area contributed by atoms with Crippen LogP contribution in [0.5, 0.6) is 0 Å². The number of nitrogens with zero attached hydrogens (tertiary/aromatic N) is 4. The third kappa shape index (κ3) is 4.73. The number of benzene rings is 1. The fraction of sp³-hybridized carbons (Fsp3) is 0.522. The Morgan fingerprint density at radius 1 is 0.939 bits per heavy atom. The molecule has 0 N–H and O–H groups in total. The van der Waals surface area contributed by atoms with Crippen molar-refractivity contribution in [2.45, 2.75) is 46.1 Å².